The van der Waals surface area contributed by atoms with Crippen LogP contribution < -0.4 is 10.2 Å². The summed E-state index contributed by atoms with van der Waals surface area (Å²) in [6.07, 6.45) is 6.67. The SMILES string of the molecule is CCCc1nnsc1C(=O)Nc1cccc(-c2ccc(N3CCCCCC3)nn2)c1. The molecule has 3 heterocycles. The van der Waals surface area contributed by atoms with Crippen LogP contribution in [0, 0.1) is 0 Å². The third kappa shape index (κ3) is 4.81. The highest BCUT2D eigenvalue weighted by Crippen LogP contribution is 2.24. The maximum Gasteiger partial charge on any atom is 0.269 e. The van der Waals surface area contributed by atoms with E-state index < -0.39 is 0 Å². The zero-order chi connectivity index (χ0) is 20.8. The summed E-state index contributed by atoms with van der Waals surface area (Å²) in [6.45, 7) is 4.15. The largest absolute Gasteiger partial charge is 0.355 e. The number of hydrogen-bond donors (Lipinski definition) is 1. The average molecular weight is 423 g/mol. The van der Waals surface area contributed by atoms with Crippen molar-refractivity contribution < 1.29 is 4.79 Å². The van der Waals surface area contributed by atoms with Crippen molar-refractivity contribution in [3.8, 4) is 11.3 Å². The summed E-state index contributed by atoms with van der Waals surface area (Å²) in [5.74, 6) is 0.763. The summed E-state index contributed by atoms with van der Waals surface area (Å²) in [5.41, 5.74) is 3.17. The van der Waals surface area contributed by atoms with Gasteiger partial charge in [0.1, 0.15) is 4.88 Å². The molecule has 0 aliphatic carbocycles. The van der Waals surface area contributed by atoms with E-state index in [4.69, 9.17) is 0 Å². The Labute approximate surface area is 180 Å². The van der Waals surface area contributed by atoms with E-state index >= 15 is 0 Å². The van der Waals surface area contributed by atoms with E-state index in [9.17, 15) is 4.79 Å². The second-order valence-electron chi connectivity index (χ2n) is 7.51. The van der Waals surface area contributed by atoms with Gasteiger partial charge in [0.2, 0.25) is 0 Å². The number of aryl methyl sites for hydroxylation is 1. The molecule has 0 spiro atoms. The van der Waals surface area contributed by atoms with Gasteiger partial charge in [0, 0.05) is 24.3 Å². The van der Waals surface area contributed by atoms with Crippen LogP contribution in [-0.2, 0) is 6.42 Å². The predicted octanol–water partition coefficient (Wildman–Crippen LogP) is 4.58. The minimum atomic E-state index is -0.173. The first-order valence-corrected chi connectivity index (χ1v) is 11.3. The number of anilines is 2. The van der Waals surface area contributed by atoms with Crippen LogP contribution in [0.1, 0.15) is 54.4 Å². The van der Waals surface area contributed by atoms with Crippen LogP contribution in [0.25, 0.3) is 11.3 Å². The van der Waals surface area contributed by atoms with Gasteiger partial charge in [0.25, 0.3) is 5.91 Å². The Morgan fingerprint density at radius 1 is 1.07 bits per heavy atom. The minimum Gasteiger partial charge on any atom is -0.355 e. The summed E-state index contributed by atoms with van der Waals surface area (Å²) in [4.78, 5) is 15.5. The lowest BCUT2D eigenvalue weighted by atomic mass is 10.1. The number of nitrogens with zero attached hydrogens (tertiary/aromatic N) is 5. The zero-order valence-corrected chi connectivity index (χ0v) is 18.0. The van der Waals surface area contributed by atoms with Crippen LogP contribution in [0.2, 0.25) is 0 Å². The van der Waals surface area contributed by atoms with E-state index in [2.05, 4.69) is 36.9 Å². The Morgan fingerprint density at radius 3 is 2.63 bits per heavy atom. The Balaban J connectivity index is 1.47. The normalized spacial score (nSPS) is 14.4. The molecule has 0 radical (unpaired) electrons. The first-order chi connectivity index (χ1) is 14.7. The summed E-state index contributed by atoms with van der Waals surface area (Å²) in [7, 11) is 0. The highest BCUT2D eigenvalue weighted by molar-refractivity contribution is 7.08. The number of hydrogen-bond acceptors (Lipinski definition) is 7. The van der Waals surface area contributed by atoms with Gasteiger partial charge in [-0.05, 0) is 55.1 Å². The monoisotopic (exact) mass is 422 g/mol. The highest BCUT2D eigenvalue weighted by Gasteiger charge is 2.16. The van der Waals surface area contributed by atoms with Gasteiger partial charge in [0.05, 0.1) is 11.4 Å². The fourth-order valence-corrected chi connectivity index (χ4v) is 4.28. The van der Waals surface area contributed by atoms with Crippen LogP contribution >= 0.6 is 11.5 Å². The van der Waals surface area contributed by atoms with E-state index in [1.54, 1.807) is 0 Å². The molecule has 4 rings (SSSR count). The van der Waals surface area contributed by atoms with Crippen LogP contribution in [0.15, 0.2) is 36.4 Å². The first-order valence-electron chi connectivity index (χ1n) is 10.6. The molecule has 3 aromatic rings. The van der Waals surface area contributed by atoms with E-state index in [0.717, 1.165) is 60.2 Å². The number of carbonyl (C=O) groups is 1. The quantitative estimate of drug-likeness (QED) is 0.626. The molecular formula is C22H26N6OS. The number of nitrogens with one attached hydrogen (secondary N) is 1. The lowest BCUT2D eigenvalue weighted by Gasteiger charge is -2.20. The van der Waals surface area contributed by atoms with Gasteiger partial charge in [-0.15, -0.1) is 15.3 Å². The standard InChI is InChI=1S/C22H26N6OS/c1-2-8-19-21(30-27-25-19)22(29)23-17-10-7-9-16(15-17)18-11-12-20(26-24-18)28-13-5-3-4-6-14-28/h7,9-12,15H,2-6,8,13-14H2,1H3,(H,23,29). The van der Waals surface area contributed by atoms with Gasteiger partial charge < -0.3 is 10.2 Å². The highest BCUT2D eigenvalue weighted by atomic mass is 32.1. The van der Waals surface area contributed by atoms with Crippen molar-refractivity contribution in [2.75, 3.05) is 23.3 Å². The molecule has 156 valence electrons. The molecule has 1 N–H and O–H groups in total. The number of benzene rings is 1. The molecule has 1 aromatic carbocycles. The molecule has 0 saturated carbocycles. The molecule has 1 aliphatic heterocycles. The van der Waals surface area contributed by atoms with Crippen molar-refractivity contribution in [3.05, 3.63) is 47.0 Å². The minimum absolute atomic E-state index is 0.173. The van der Waals surface area contributed by atoms with E-state index in [1.165, 1.54) is 25.7 Å². The topological polar surface area (TPSA) is 83.9 Å². The molecule has 1 fully saturated rings. The van der Waals surface area contributed by atoms with Crippen LogP contribution in [0.5, 0.6) is 0 Å². The van der Waals surface area contributed by atoms with Crippen molar-refractivity contribution in [2.24, 2.45) is 0 Å². The summed E-state index contributed by atoms with van der Waals surface area (Å²) in [5, 5.41) is 15.9. The predicted molar refractivity (Wildman–Crippen MR) is 120 cm³/mol. The molecule has 1 amide bonds. The van der Waals surface area contributed by atoms with Gasteiger partial charge in [-0.2, -0.15) is 0 Å². The molecule has 0 atom stereocenters. The lowest BCUT2D eigenvalue weighted by molar-refractivity contribution is 0.102. The molecule has 30 heavy (non-hydrogen) atoms. The Morgan fingerprint density at radius 2 is 1.90 bits per heavy atom. The Hall–Kier alpha value is -2.87. The van der Waals surface area contributed by atoms with E-state index in [1.807, 2.05) is 36.4 Å². The molecule has 7 nitrogen and oxygen atoms in total. The van der Waals surface area contributed by atoms with Gasteiger partial charge in [-0.1, -0.05) is 42.8 Å². The maximum absolute atomic E-state index is 12.7. The third-order valence-electron chi connectivity index (χ3n) is 5.25. The maximum atomic E-state index is 12.7. The molecular weight excluding hydrogens is 396 g/mol. The molecule has 8 heteroatoms. The summed E-state index contributed by atoms with van der Waals surface area (Å²) < 4.78 is 3.93. The number of rotatable bonds is 6. The average Bonchev–Trinajstić information content (AvgIpc) is 3.07. The lowest BCUT2D eigenvalue weighted by Crippen LogP contribution is -2.25. The van der Waals surface area contributed by atoms with Crippen LogP contribution in [0.3, 0.4) is 0 Å². The number of aromatic nitrogens is 4. The van der Waals surface area contributed by atoms with Gasteiger partial charge in [0.15, 0.2) is 5.82 Å². The Bertz CT molecular complexity index is 979. The number of carbonyl (C=O) groups excluding carboxylic acids is 1. The van der Waals surface area contributed by atoms with Gasteiger partial charge in [-0.3, -0.25) is 4.79 Å². The molecule has 0 unspecified atom stereocenters. The fourth-order valence-electron chi connectivity index (χ4n) is 3.67. The van der Waals surface area contributed by atoms with Gasteiger partial charge >= 0.3 is 0 Å². The fraction of sp³-hybridized carbons (Fsp3) is 0.409. The molecule has 1 aliphatic rings. The molecule has 0 bridgehead atoms. The third-order valence-corrected chi connectivity index (χ3v) is 6.01. The first kappa shape index (κ1) is 20.4. The smallest absolute Gasteiger partial charge is 0.269 e. The number of amides is 1. The summed E-state index contributed by atoms with van der Waals surface area (Å²) >= 11 is 1.13. The second-order valence-corrected chi connectivity index (χ2v) is 8.27. The summed E-state index contributed by atoms with van der Waals surface area (Å²) in [6, 6.07) is 11.7. The van der Waals surface area contributed by atoms with E-state index in [0.29, 0.717) is 10.6 Å². The van der Waals surface area contributed by atoms with Crippen molar-refractivity contribution >= 4 is 28.9 Å². The van der Waals surface area contributed by atoms with Gasteiger partial charge in [-0.25, -0.2) is 0 Å². The van der Waals surface area contributed by atoms with Crippen LogP contribution in [0.4, 0.5) is 11.5 Å². The Kier molecular flexibility index (Phi) is 6.63. The van der Waals surface area contributed by atoms with Crippen molar-refractivity contribution in [1.82, 2.24) is 19.8 Å². The molecule has 1 saturated heterocycles. The van der Waals surface area contributed by atoms with Crippen molar-refractivity contribution in [2.45, 2.75) is 45.4 Å². The van der Waals surface area contributed by atoms with Crippen molar-refractivity contribution in [3.63, 3.8) is 0 Å². The molecule has 2 aromatic heterocycles. The van der Waals surface area contributed by atoms with Crippen LogP contribution in [-0.4, -0.2) is 38.8 Å². The van der Waals surface area contributed by atoms with Crippen molar-refractivity contribution in [1.29, 1.82) is 0 Å². The zero-order valence-electron chi connectivity index (χ0n) is 17.2. The van der Waals surface area contributed by atoms with E-state index in [-0.39, 0.29) is 5.91 Å². The second kappa shape index (κ2) is 9.75.